The topological polar surface area (TPSA) is 62.3 Å². The van der Waals surface area contributed by atoms with Crippen molar-refractivity contribution >= 4 is 5.84 Å². The summed E-state index contributed by atoms with van der Waals surface area (Å²) in [6.07, 6.45) is 3.08. The van der Waals surface area contributed by atoms with Crippen molar-refractivity contribution in [2.75, 3.05) is 13.7 Å². The van der Waals surface area contributed by atoms with Gasteiger partial charge < -0.3 is 10.5 Å². The first-order chi connectivity index (χ1) is 7.06. The molecule has 3 atom stereocenters. The Kier molecular flexibility index (Phi) is 4.54. The van der Waals surface area contributed by atoms with Crippen molar-refractivity contribution in [3.05, 3.63) is 0 Å². The van der Waals surface area contributed by atoms with Crippen molar-refractivity contribution in [3.63, 3.8) is 0 Å². The van der Waals surface area contributed by atoms with Gasteiger partial charge in [0.1, 0.15) is 0 Å². The molecule has 1 rings (SSSR count). The number of hydrogen-bond acceptors (Lipinski definition) is 3. The molecule has 1 fully saturated rings. The number of nitrogens with two attached hydrogens (primary N) is 1. The molecule has 0 aromatic heterocycles. The van der Waals surface area contributed by atoms with Crippen LogP contribution in [-0.4, -0.2) is 42.6 Å². The number of nitrogens with one attached hydrogen (secondary N) is 1. The molecule has 15 heavy (non-hydrogen) atoms. The minimum atomic E-state index is 0.278. The van der Waals surface area contributed by atoms with Crippen LogP contribution in [0.4, 0.5) is 0 Å². The van der Waals surface area contributed by atoms with Crippen LogP contribution in [0.25, 0.3) is 0 Å². The first-order valence-corrected chi connectivity index (χ1v) is 5.72. The maximum absolute atomic E-state index is 7.36. The average Bonchev–Trinajstić information content (AvgIpc) is 2.59. The first-order valence-electron chi connectivity index (χ1n) is 5.72. The summed E-state index contributed by atoms with van der Waals surface area (Å²) in [7, 11) is 2.12. The van der Waals surface area contributed by atoms with E-state index in [0.717, 1.165) is 19.4 Å². The Hall–Kier alpha value is -0.610. The zero-order valence-electron chi connectivity index (χ0n) is 9.99. The van der Waals surface area contributed by atoms with Gasteiger partial charge in [0, 0.05) is 25.1 Å². The fourth-order valence-corrected chi connectivity index (χ4v) is 2.36. The SMILES string of the molecule is CCC(CC(=N)N)N(C)C1CCOC1C. The molecule has 1 aliphatic rings. The Morgan fingerprint density at radius 2 is 2.33 bits per heavy atom. The van der Waals surface area contributed by atoms with E-state index in [0.29, 0.717) is 24.6 Å². The molecule has 1 saturated heterocycles. The lowest BCUT2D eigenvalue weighted by Gasteiger charge is -2.33. The quantitative estimate of drug-likeness (QED) is 0.533. The fraction of sp³-hybridized carbons (Fsp3) is 0.909. The zero-order chi connectivity index (χ0) is 11.4. The Labute approximate surface area is 92.3 Å². The molecular formula is C11H23N3O. The molecule has 0 radical (unpaired) electrons. The van der Waals surface area contributed by atoms with E-state index in [1.165, 1.54) is 0 Å². The van der Waals surface area contributed by atoms with Crippen molar-refractivity contribution in [3.8, 4) is 0 Å². The van der Waals surface area contributed by atoms with Crippen molar-refractivity contribution in [2.45, 2.75) is 51.3 Å². The number of hydrogen-bond donors (Lipinski definition) is 2. The maximum Gasteiger partial charge on any atom is 0.0921 e. The number of ether oxygens (including phenoxy) is 1. The first kappa shape index (κ1) is 12.5. The molecule has 4 heteroatoms. The van der Waals surface area contributed by atoms with E-state index >= 15 is 0 Å². The summed E-state index contributed by atoms with van der Waals surface area (Å²) in [6.45, 7) is 5.12. The van der Waals surface area contributed by atoms with Gasteiger partial charge in [0.2, 0.25) is 0 Å². The smallest absolute Gasteiger partial charge is 0.0921 e. The summed E-state index contributed by atoms with van der Waals surface area (Å²) in [5, 5.41) is 7.36. The van der Waals surface area contributed by atoms with Crippen LogP contribution >= 0.6 is 0 Å². The molecule has 0 saturated carbocycles. The Bertz CT molecular complexity index is 220. The predicted molar refractivity (Wildman–Crippen MR) is 62.2 cm³/mol. The molecular weight excluding hydrogens is 190 g/mol. The predicted octanol–water partition coefficient (Wildman–Crippen LogP) is 1.20. The van der Waals surface area contributed by atoms with Gasteiger partial charge in [0.15, 0.2) is 0 Å². The summed E-state index contributed by atoms with van der Waals surface area (Å²) in [5.41, 5.74) is 5.47. The van der Waals surface area contributed by atoms with Crippen LogP contribution in [0, 0.1) is 5.41 Å². The van der Waals surface area contributed by atoms with Gasteiger partial charge in [0.05, 0.1) is 11.9 Å². The summed E-state index contributed by atoms with van der Waals surface area (Å²) in [5.74, 6) is 0.278. The van der Waals surface area contributed by atoms with E-state index in [2.05, 4.69) is 25.8 Å². The number of likely N-dealkylation sites (N-methyl/N-ethyl adjacent to an activating group) is 1. The molecule has 0 aliphatic carbocycles. The van der Waals surface area contributed by atoms with E-state index in [1.807, 2.05) is 0 Å². The maximum atomic E-state index is 7.36. The molecule has 4 nitrogen and oxygen atoms in total. The molecule has 3 unspecified atom stereocenters. The highest BCUT2D eigenvalue weighted by molar-refractivity contribution is 5.77. The molecule has 1 heterocycles. The van der Waals surface area contributed by atoms with Gasteiger partial charge in [0.25, 0.3) is 0 Å². The highest BCUT2D eigenvalue weighted by Gasteiger charge is 2.31. The molecule has 1 aliphatic heterocycles. The zero-order valence-corrected chi connectivity index (χ0v) is 9.99. The average molecular weight is 213 g/mol. The second-order valence-corrected chi connectivity index (χ2v) is 4.39. The molecule has 0 amide bonds. The summed E-state index contributed by atoms with van der Waals surface area (Å²) < 4.78 is 5.56. The second-order valence-electron chi connectivity index (χ2n) is 4.39. The van der Waals surface area contributed by atoms with E-state index in [4.69, 9.17) is 15.9 Å². The molecule has 0 aromatic rings. The Balaban J connectivity index is 2.55. The lowest BCUT2D eigenvalue weighted by molar-refractivity contribution is 0.0676. The van der Waals surface area contributed by atoms with Gasteiger partial charge in [-0.05, 0) is 26.8 Å². The highest BCUT2D eigenvalue weighted by Crippen LogP contribution is 2.22. The molecule has 3 N–H and O–H groups in total. The molecule has 0 aromatic carbocycles. The van der Waals surface area contributed by atoms with Crippen molar-refractivity contribution in [1.82, 2.24) is 4.90 Å². The second kappa shape index (κ2) is 5.47. The third-order valence-corrected chi connectivity index (χ3v) is 3.36. The monoisotopic (exact) mass is 213 g/mol. The van der Waals surface area contributed by atoms with Crippen LogP contribution in [0.5, 0.6) is 0 Å². The Morgan fingerprint density at radius 1 is 1.67 bits per heavy atom. The Morgan fingerprint density at radius 3 is 2.73 bits per heavy atom. The van der Waals surface area contributed by atoms with E-state index < -0.39 is 0 Å². The van der Waals surface area contributed by atoms with Crippen molar-refractivity contribution < 1.29 is 4.74 Å². The van der Waals surface area contributed by atoms with E-state index in [9.17, 15) is 0 Å². The third kappa shape index (κ3) is 3.18. The standard InChI is InChI=1S/C11H23N3O/c1-4-9(7-11(12)13)14(3)10-5-6-15-8(10)2/h8-10H,4-7H2,1-3H3,(H3,12,13). The van der Waals surface area contributed by atoms with Gasteiger partial charge in [-0.2, -0.15) is 0 Å². The number of rotatable bonds is 5. The van der Waals surface area contributed by atoms with Crippen molar-refractivity contribution in [1.29, 1.82) is 5.41 Å². The van der Waals surface area contributed by atoms with Crippen LogP contribution in [-0.2, 0) is 4.74 Å². The summed E-state index contributed by atoms with van der Waals surface area (Å²) in [6, 6.07) is 0.853. The van der Waals surface area contributed by atoms with Gasteiger partial charge in [-0.15, -0.1) is 0 Å². The van der Waals surface area contributed by atoms with Crippen LogP contribution in [0.3, 0.4) is 0 Å². The molecule has 0 spiro atoms. The lowest BCUT2D eigenvalue weighted by Crippen LogP contribution is -2.44. The third-order valence-electron chi connectivity index (χ3n) is 3.36. The van der Waals surface area contributed by atoms with Gasteiger partial charge >= 0.3 is 0 Å². The summed E-state index contributed by atoms with van der Waals surface area (Å²) >= 11 is 0. The lowest BCUT2D eigenvalue weighted by atomic mass is 10.0. The molecule has 88 valence electrons. The van der Waals surface area contributed by atoms with Crippen LogP contribution in [0.1, 0.15) is 33.1 Å². The van der Waals surface area contributed by atoms with Gasteiger partial charge in [-0.1, -0.05) is 6.92 Å². The van der Waals surface area contributed by atoms with E-state index in [1.54, 1.807) is 0 Å². The minimum absolute atomic E-state index is 0.278. The summed E-state index contributed by atoms with van der Waals surface area (Å²) in [4.78, 5) is 2.33. The number of amidine groups is 1. The van der Waals surface area contributed by atoms with Crippen LogP contribution < -0.4 is 5.73 Å². The fourth-order valence-electron chi connectivity index (χ4n) is 2.36. The highest BCUT2D eigenvalue weighted by atomic mass is 16.5. The van der Waals surface area contributed by atoms with Gasteiger partial charge in [-0.3, -0.25) is 10.3 Å². The van der Waals surface area contributed by atoms with Crippen LogP contribution in [0.2, 0.25) is 0 Å². The minimum Gasteiger partial charge on any atom is -0.388 e. The van der Waals surface area contributed by atoms with Gasteiger partial charge in [-0.25, -0.2) is 0 Å². The largest absolute Gasteiger partial charge is 0.388 e. The normalized spacial score (nSPS) is 28.3. The molecule has 0 bridgehead atoms. The number of nitrogens with zero attached hydrogens (tertiary/aromatic N) is 1. The van der Waals surface area contributed by atoms with Crippen molar-refractivity contribution in [2.24, 2.45) is 5.73 Å². The van der Waals surface area contributed by atoms with Crippen LogP contribution in [0.15, 0.2) is 0 Å². The van der Waals surface area contributed by atoms with E-state index in [-0.39, 0.29) is 5.84 Å².